The summed E-state index contributed by atoms with van der Waals surface area (Å²) in [6, 6.07) is -0.886. The topological polar surface area (TPSA) is 140 Å². The Hall–Kier alpha value is -1.33. The van der Waals surface area contributed by atoms with E-state index in [1.807, 2.05) is 20.8 Å². The van der Waals surface area contributed by atoms with Crippen LogP contribution in [0.4, 0.5) is 4.79 Å². The van der Waals surface area contributed by atoms with E-state index in [2.05, 4.69) is 49.2 Å². The first-order valence-electron chi connectivity index (χ1n) is 12.5. The minimum Gasteiger partial charge on any atom is -0.444 e. The van der Waals surface area contributed by atoms with Gasteiger partial charge in [0.1, 0.15) is 11.7 Å². The molecule has 1 fully saturated rings. The lowest BCUT2D eigenvalue weighted by atomic mass is 9.79. The average molecular weight is 549 g/mol. The molecule has 10 nitrogen and oxygen atoms in total. The Bertz CT molecular complexity index is 910. The second-order valence-corrected chi connectivity index (χ2v) is 19.9. The van der Waals surface area contributed by atoms with Crippen LogP contribution < -0.4 is 5.32 Å². The number of rotatable bonds is 11. The number of nitrogens with zero attached hydrogens (tertiary/aromatic N) is 3. The number of ether oxygens (including phenoxy) is 1. The second kappa shape index (κ2) is 11.6. The molecular weight excluding hydrogens is 500 g/mol. The second-order valence-electron chi connectivity index (χ2n) is 13.5. The molecule has 1 saturated carbocycles. The third-order valence-corrected chi connectivity index (χ3v) is 11.8. The van der Waals surface area contributed by atoms with Gasteiger partial charge in [-0.25, -0.2) is 4.79 Å². The molecule has 0 radical (unpaired) electrons. The van der Waals surface area contributed by atoms with Crippen LogP contribution >= 0.6 is 0 Å². The Morgan fingerprint density at radius 1 is 1.11 bits per heavy atom. The van der Waals surface area contributed by atoms with Crippen molar-refractivity contribution in [2.45, 2.75) is 117 Å². The van der Waals surface area contributed by atoms with Crippen molar-refractivity contribution in [2.24, 2.45) is 22.4 Å². The highest BCUT2D eigenvalue weighted by Gasteiger charge is 2.51. The largest absolute Gasteiger partial charge is 0.444 e. The lowest BCUT2D eigenvalue weighted by molar-refractivity contribution is -0.0256. The van der Waals surface area contributed by atoms with Gasteiger partial charge >= 0.3 is 6.09 Å². The molecule has 36 heavy (non-hydrogen) atoms. The van der Waals surface area contributed by atoms with E-state index in [-0.39, 0.29) is 23.4 Å². The predicted octanol–water partition coefficient (Wildman–Crippen LogP) is 6.00. The molecule has 0 bridgehead atoms. The van der Waals surface area contributed by atoms with Crippen LogP contribution in [0.15, 0.2) is 5.11 Å². The fourth-order valence-electron chi connectivity index (χ4n) is 3.83. The Morgan fingerprint density at radius 3 is 2.00 bits per heavy atom. The summed E-state index contributed by atoms with van der Waals surface area (Å²) < 4.78 is 43.0. The van der Waals surface area contributed by atoms with Crippen molar-refractivity contribution >= 4 is 24.5 Å². The van der Waals surface area contributed by atoms with Gasteiger partial charge in [0.2, 0.25) is 0 Å². The van der Waals surface area contributed by atoms with Gasteiger partial charge in [-0.1, -0.05) is 46.7 Å². The van der Waals surface area contributed by atoms with Gasteiger partial charge in [0, 0.05) is 11.5 Å². The molecule has 0 aliphatic heterocycles. The van der Waals surface area contributed by atoms with Crippen LogP contribution in [0, 0.1) is 17.3 Å². The molecule has 12 heteroatoms. The molecule has 0 saturated heterocycles. The molecule has 0 spiro atoms. The first-order valence-corrected chi connectivity index (χ1v) is 17.3. The SMILES string of the molecule is CC(C)(C)OC(=O)N[C@@H](C(OS(C)(=O)=O)C(C)(C)C)[C@H](O[Si](C)(C)C(C)(C)C)[C@H](CN=[N+]=[N-])C1CC1. The van der Waals surface area contributed by atoms with Gasteiger partial charge in [-0.2, -0.15) is 8.42 Å². The summed E-state index contributed by atoms with van der Waals surface area (Å²) in [5, 5.41) is 6.64. The quantitative estimate of drug-likeness (QED) is 0.110. The van der Waals surface area contributed by atoms with Gasteiger partial charge in [-0.15, -0.1) is 0 Å². The van der Waals surface area contributed by atoms with Crippen LogP contribution in [-0.4, -0.2) is 59.5 Å². The summed E-state index contributed by atoms with van der Waals surface area (Å²) in [6.45, 7) is 21.6. The van der Waals surface area contributed by atoms with Crippen molar-refractivity contribution in [1.82, 2.24) is 5.32 Å². The molecule has 210 valence electrons. The fraction of sp³-hybridized carbons (Fsp3) is 0.958. The van der Waals surface area contributed by atoms with Gasteiger partial charge in [-0.05, 0) is 74.5 Å². The number of nitrogens with one attached hydrogen (secondary N) is 1. The third kappa shape index (κ3) is 10.6. The zero-order valence-electron chi connectivity index (χ0n) is 24.2. The molecular formula is C24H48N4O6SSi. The Morgan fingerprint density at radius 2 is 1.64 bits per heavy atom. The minimum atomic E-state index is -3.89. The fourth-order valence-corrected chi connectivity index (χ4v) is 5.97. The first-order chi connectivity index (χ1) is 16.0. The Kier molecular flexibility index (Phi) is 10.5. The van der Waals surface area contributed by atoms with Crippen molar-refractivity contribution in [2.75, 3.05) is 12.8 Å². The number of hydrogen-bond donors (Lipinski definition) is 1. The molecule has 1 aliphatic rings. The molecule has 1 N–H and O–H groups in total. The van der Waals surface area contributed by atoms with Crippen LogP contribution in [0.2, 0.25) is 18.1 Å². The van der Waals surface area contributed by atoms with E-state index in [0.717, 1.165) is 19.1 Å². The van der Waals surface area contributed by atoms with E-state index < -0.39 is 53.8 Å². The summed E-state index contributed by atoms with van der Waals surface area (Å²) in [7, 11) is -6.34. The molecule has 1 unspecified atom stereocenters. The summed E-state index contributed by atoms with van der Waals surface area (Å²) in [4.78, 5) is 16.1. The number of carbonyl (C=O) groups excluding carboxylic acids is 1. The molecule has 0 heterocycles. The van der Waals surface area contributed by atoms with Gasteiger partial charge in [0.15, 0.2) is 8.32 Å². The number of carbonyl (C=O) groups is 1. The van der Waals surface area contributed by atoms with Crippen LogP contribution in [0.5, 0.6) is 0 Å². The van der Waals surface area contributed by atoms with Crippen molar-refractivity contribution in [3.05, 3.63) is 10.4 Å². The number of amides is 1. The predicted molar refractivity (Wildman–Crippen MR) is 145 cm³/mol. The van der Waals surface area contributed by atoms with Crippen molar-refractivity contribution < 1.29 is 26.6 Å². The highest BCUT2D eigenvalue weighted by atomic mass is 32.2. The van der Waals surface area contributed by atoms with Crippen LogP contribution in [0.25, 0.3) is 10.4 Å². The lowest BCUT2D eigenvalue weighted by Gasteiger charge is -2.47. The van der Waals surface area contributed by atoms with E-state index in [0.29, 0.717) is 0 Å². The zero-order valence-corrected chi connectivity index (χ0v) is 26.0. The van der Waals surface area contributed by atoms with E-state index >= 15 is 0 Å². The average Bonchev–Trinajstić information content (AvgIpc) is 3.45. The maximum Gasteiger partial charge on any atom is 0.408 e. The van der Waals surface area contributed by atoms with Crippen LogP contribution in [0.3, 0.4) is 0 Å². The summed E-state index contributed by atoms with van der Waals surface area (Å²) in [6.07, 6.45) is 0.550. The molecule has 1 amide bonds. The standard InChI is InChI=1S/C24H48N4O6SSi/c1-22(2,3)20(33-35(10,30)31)18(27-21(29)32-23(4,5)6)19(34-36(11,12)24(7,8)9)17(15-26-28-25)16-13-14-16/h16-20H,13-15H2,1-12H3,(H,27,29)/t17-,18-,19-,20?/m1/s1. The number of hydrogen-bond acceptors (Lipinski definition) is 7. The van der Waals surface area contributed by atoms with Gasteiger partial charge in [-0.3, -0.25) is 4.18 Å². The van der Waals surface area contributed by atoms with Crippen molar-refractivity contribution in [3.8, 4) is 0 Å². The van der Waals surface area contributed by atoms with Gasteiger partial charge in [0.05, 0.1) is 18.4 Å². The van der Waals surface area contributed by atoms with E-state index in [4.69, 9.17) is 18.9 Å². The summed E-state index contributed by atoms with van der Waals surface area (Å²) >= 11 is 0. The number of alkyl carbamates (subject to hydrolysis) is 1. The Balaban J connectivity index is 3.76. The lowest BCUT2D eigenvalue weighted by Crippen LogP contribution is -2.62. The van der Waals surface area contributed by atoms with Crippen LogP contribution in [0.1, 0.15) is 75.2 Å². The van der Waals surface area contributed by atoms with Crippen molar-refractivity contribution in [3.63, 3.8) is 0 Å². The number of azide groups is 1. The van der Waals surface area contributed by atoms with Gasteiger partial charge in [0.25, 0.3) is 10.1 Å². The Labute approximate surface area is 219 Å². The molecule has 0 aromatic carbocycles. The van der Waals surface area contributed by atoms with E-state index in [9.17, 15) is 13.2 Å². The molecule has 1 aliphatic carbocycles. The van der Waals surface area contributed by atoms with Crippen LogP contribution in [-0.2, 0) is 23.5 Å². The maximum absolute atomic E-state index is 13.1. The van der Waals surface area contributed by atoms with Crippen molar-refractivity contribution in [1.29, 1.82) is 0 Å². The molecule has 4 atom stereocenters. The highest BCUT2D eigenvalue weighted by Crippen LogP contribution is 2.45. The van der Waals surface area contributed by atoms with E-state index in [1.165, 1.54) is 0 Å². The molecule has 0 aromatic rings. The maximum atomic E-state index is 13.1. The first kappa shape index (κ1) is 32.7. The third-order valence-electron chi connectivity index (χ3n) is 6.74. The normalized spacial score (nSPS) is 19.0. The van der Waals surface area contributed by atoms with E-state index in [1.54, 1.807) is 20.8 Å². The smallest absolute Gasteiger partial charge is 0.408 e. The highest BCUT2D eigenvalue weighted by molar-refractivity contribution is 7.86. The summed E-state index contributed by atoms with van der Waals surface area (Å²) in [5.41, 5.74) is 7.63. The zero-order chi connectivity index (χ0) is 28.3. The summed E-state index contributed by atoms with van der Waals surface area (Å²) in [5.74, 6) is -0.00460. The molecule has 1 rings (SSSR count). The monoisotopic (exact) mass is 548 g/mol. The van der Waals surface area contributed by atoms with Gasteiger partial charge < -0.3 is 14.5 Å². The minimum absolute atomic E-state index is 0.163. The molecule has 0 aromatic heterocycles.